The van der Waals surface area contributed by atoms with Crippen molar-refractivity contribution in [1.82, 2.24) is 5.32 Å². The number of benzene rings is 1. The molecule has 0 saturated heterocycles. The van der Waals surface area contributed by atoms with Crippen LogP contribution in [0.15, 0.2) is 24.3 Å². The molecule has 0 heterocycles. The van der Waals surface area contributed by atoms with Gasteiger partial charge in [0.2, 0.25) is 5.91 Å². The lowest BCUT2D eigenvalue weighted by Crippen LogP contribution is -2.49. The predicted octanol–water partition coefficient (Wildman–Crippen LogP) is 2.86. The first-order valence-electron chi connectivity index (χ1n) is 10.5. The molecule has 2 saturated carbocycles. The molecule has 1 aromatic rings. The molecule has 2 unspecified atom stereocenters. The normalized spacial score (nSPS) is 25.4. The van der Waals surface area contributed by atoms with E-state index in [0.29, 0.717) is 36.8 Å². The molecule has 29 heavy (non-hydrogen) atoms. The van der Waals surface area contributed by atoms with Crippen LogP contribution in [0.2, 0.25) is 0 Å². The van der Waals surface area contributed by atoms with Gasteiger partial charge in [-0.05, 0) is 68.6 Å². The zero-order valence-corrected chi connectivity index (χ0v) is 17.9. The monoisotopic (exact) mass is 424 g/mol. The summed E-state index contributed by atoms with van der Waals surface area (Å²) in [5, 5.41) is 3.10. The van der Waals surface area contributed by atoms with Gasteiger partial charge >= 0.3 is 5.97 Å². The van der Waals surface area contributed by atoms with Crippen molar-refractivity contribution in [2.75, 3.05) is 19.8 Å². The Morgan fingerprint density at radius 2 is 1.79 bits per heavy atom. The number of ether oxygens (including phenoxy) is 2. The maximum absolute atomic E-state index is 12.6. The Morgan fingerprint density at radius 1 is 1.14 bits per heavy atom. The van der Waals surface area contributed by atoms with Crippen LogP contribution >= 0.6 is 12.4 Å². The number of fused-ring (bicyclic) bond motifs is 2. The average molecular weight is 425 g/mol. The van der Waals surface area contributed by atoms with Gasteiger partial charge in [0, 0.05) is 18.5 Å². The molecule has 7 heteroatoms. The molecule has 6 nitrogen and oxygen atoms in total. The van der Waals surface area contributed by atoms with Crippen LogP contribution in [0.3, 0.4) is 0 Å². The maximum atomic E-state index is 12.6. The summed E-state index contributed by atoms with van der Waals surface area (Å²) >= 11 is 0. The molecule has 0 aromatic heterocycles. The van der Waals surface area contributed by atoms with Crippen molar-refractivity contribution in [2.45, 2.75) is 51.5 Å². The van der Waals surface area contributed by atoms with Crippen molar-refractivity contribution in [3.63, 3.8) is 0 Å². The minimum Gasteiger partial charge on any atom is -0.482 e. The third-order valence-electron chi connectivity index (χ3n) is 6.08. The van der Waals surface area contributed by atoms with Crippen LogP contribution in [0.25, 0.3) is 0 Å². The summed E-state index contributed by atoms with van der Waals surface area (Å²) in [5.41, 5.74) is 7.44. The molecule has 3 N–H and O–H groups in total. The maximum Gasteiger partial charge on any atom is 0.344 e. The van der Waals surface area contributed by atoms with Crippen molar-refractivity contribution in [1.29, 1.82) is 0 Å². The minimum absolute atomic E-state index is 0. The number of amides is 1. The van der Waals surface area contributed by atoms with Gasteiger partial charge < -0.3 is 20.5 Å². The Labute approximate surface area is 179 Å². The van der Waals surface area contributed by atoms with Crippen LogP contribution in [0.4, 0.5) is 0 Å². The number of nitrogens with two attached hydrogens (primary N) is 1. The number of carbonyl (C=O) groups excluding carboxylic acids is 2. The topological polar surface area (TPSA) is 90.6 Å². The Morgan fingerprint density at radius 3 is 2.41 bits per heavy atom. The molecule has 2 atom stereocenters. The second-order valence-corrected chi connectivity index (χ2v) is 7.98. The summed E-state index contributed by atoms with van der Waals surface area (Å²) in [6.45, 7) is 2.65. The summed E-state index contributed by atoms with van der Waals surface area (Å²) in [6.07, 6.45) is 6.25. The van der Waals surface area contributed by atoms with E-state index in [1.807, 2.05) is 24.3 Å². The van der Waals surface area contributed by atoms with Crippen molar-refractivity contribution in [2.24, 2.45) is 23.5 Å². The third-order valence-corrected chi connectivity index (χ3v) is 6.08. The van der Waals surface area contributed by atoms with E-state index >= 15 is 0 Å². The van der Waals surface area contributed by atoms with Crippen molar-refractivity contribution in [3.8, 4) is 5.75 Å². The van der Waals surface area contributed by atoms with Crippen molar-refractivity contribution in [3.05, 3.63) is 29.8 Å². The van der Waals surface area contributed by atoms with E-state index in [-0.39, 0.29) is 36.8 Å². The molecule has 1 aromatic carbocycles. The lowest BCUT2D eigenvalue weighted by molar-refractivity contribution is -0.145. The van der Waals surface area contributed by atoms with Crippen molar-refractivity contribution >= 4 is 24.3 Å². The number of hydrogen-bond acceptors (Lipinski definition) is 5. The van der Waals surface area contributed by atoms with Gasteiger partial charge in [0.1, 0.15) is 5.75 Å². The van der Waals surface area contributed by atoms with Gasteiger partial charge in [-0.3, -0.25) is 4.79 Å². The van der Waals surface area contributed by atoms with Crippen molar-refractivity contribution < 1.29 is 19.1 Å². The number of carbonyl (C=O) groups is 2. The fourth-order valence-electron chi connectivity index (χ4n) is 4.57. The Bertz CT molecular complexity index is 653. The number of hydrogen-bond donors (Lipinski definition) is 2. The van der Waals surface area contributed by atoms with Gasteiger partial charge in [-0.25, -0.2) is 4.79 Å². The highest BCUT2D eigenvalue weighted by Crippen LogP contribution is 2.41. The summed E-state index contributed by atoms with van der Waals surface area (Å²) in [4.78, 5) is 23.9. The highest BCUT2D eigenvalue weighted by Gasteiger charge is 2.40. The van der Waals surface area contributed by atoms with Crippen LogP contribution in [-0.4, -0.2) is 37.7 Å². The van der Waals surface area contributed by atoms with Crippen LogP contribution < -0.4 is 15.8 Å². The zero-order valence-electron chi connectivity index (χ0n) is 17.1. The molecule has 2 aliphatic rings. The molecule has 2 fully saturated rings. The van der Waals surface area contributed by atoms with E-state index < -0.39 is 0 Å². The smallest absolute Gasteiger partial charge is 0.344 e. The average Bonchev–Trinajstić information content (AvgIpc) is 2.67. The molecule has 2 bridgehead atoms. The third kappa shape index (κ3) is 6.61. The summed E-state index contributed by atoms with van der Waals surface area (Å²) in [7, 11) is 0. The summed E-state index contributed by atoms with van der Waals surface area (Å²) in [5.74, 6) is 1.59. The fourth-order valence-corrected chi connectivity index (χ4v) is 4.57. The number of rotatable bonds is 8. The molecule has 1 amide bonds. The quantitative estimate of drug-likeness (QED) is 0.626. The van der Waals surface area contributed by atoms with Gasteiger partial charge in [-0.2, -0.15) is 0 Å². The molecule has 0 radical (unpaired) electrons. The van der Waals surface area contributed by atoms with Gasteiger partial charge in [0.25, 0.3) is 0 Å². The largest absolute Gasteiger partial charge is 0.482 e. The number of nitrogens with one attached hydrogen (secondary N) is 1. The molecule has 162 valence electrons. The molecular weight excluding hydrogens is 392 g/mol. The van der Waals surface area contributed by atoms with E-state index in [0.717, 1.165) is 24.8 Å². The summed E-state index contributed by atoms with van der Waals surface area (Å²) < 4.78 is 10.2. The molecule has 0 aliphatic heterocycles. The minimum atomic E-state index is -0.373. The van der Waals surface area contributed by atoms with Gasteiger partial charge in [0.05, 0.1) is 6.61 Å². The first kappa shape index (κ1) is 23.5. The van der Waals surface area contributed by atoms with Crippen LogP contribution in [-0.2, 0) is 20.7 Å². The second kappa shape index (κ2) is 11.4. The highest BCUT2D eigenvalue weighted by atomic mass is 35.5. The van der Waals surface area contributed by atoms with Gasteiger partial charge in [0.15, 0.2) is 6.61 Å². The van der Waals surface area contributed by atoms with E-state index in [1.54, 1.807) is 6.92 Å². The SMILES string of the molecule is CCOC(=O)COc1ccc(CCNC(=O)C2CC3CCCC(C2)C3N)cc1.Cl. The fraction of sp³-hybridized carbons (Fsp3) is 0.636. The van der Waals surface area contributed by atoms with E-state index in [9.17, 15) is 9.59 Å². The predicted molar refractivity (Wildman–Crippen MR) is 114 cm³/mol. The number of esters is 1. The molecular formula is C22H33ClN2O4. The lowest BCUT2D eigenvalue weighted by Gasteiger charge is -2.43. The first-order valence-corrected chi connectivity index (χ1v) is 10.5. The Balaban J connectivity index is 0.00000300. The Kier molecular flexibility index (Phi) is 9.24. The van der Waals surface area contributed by atoms with E-state index in [4.69, 9.17) is 15.2 Å². The van der Waals surface area contributed by atoms with Crippen LogP contribution in [0, 0.1) is 17.8 Å². The lowest BCUT2D eigenvalue weighted by atomic mass is 9.65. The molecule has 2 aliphatic carbocycles. The highest BCUT2D eigenvalue weighted by molar-refractivity contribution is 5.85. The second-order valence-electron chi connectivity index (χ2n) is 7.98. The van der Waals surface area contributed by atoms with Gasteiger partial charge in [-0.1, -0.05) is 18.6 Å². The van der Waals surface area contributed by atoms with Gasteiger partial charge in [-0.15, -0.1) is 12.4 Å². The van der Waals surface area contributed by atoms with E-state index in [2.05, 4.69) is 5.32 Å². The summed E-state index contributed by atoms with van der Waals surface area (Å²) in [6, 6.07) is 7.87. The standard InChI is InChI=1S/C22H32N2O4.ClH/c1-2-27-20(25)14-28-19-8-6-15(7-9-19)10-11-24-22(26)18-12-16-4-3-5-17(13-18)21(16)23;/h6-9,16-18,21H,2-5,10-14,23H2,1H3,(H,24,26);1H. The zero-order chi connectivity index (χ0) is 19.9. The van der Waals surface area contributed by atoms with Crippen LogP contribution in [0.1, 0.15) is 44.6 Å². The molecule has 0 spiro atoms. The first-order chi connectivity index (χ1) is 13.6. The Hall–Kier alpha value is -1.79. The van der Waals surface area contributed by atoms with E-state index in [1.165, 1.54) is 19.3 Å². The number of halogens is 1. The molecule has 3 rings (SSSR count). The van der Waals surface area contributed by atoms with Crippen LogP contribution in [0.5, 0.6) is 5.75 Å².